The zero-order valence-corrected chi connectivity index (χ0v) is 13.8. The van der Waals surface area contributed by atoms with E-state index >= 15 is 0 Å². The third kappa shape index (κ3) is 5.47. The SMILES string of the molecule is COC1CCC(NC2CC(NC(=O)OC(C)(C)C)C2)CC1. The van der Waals surface area contributed by atoms with Crippen LogP contribution < -0.4 is 10.6 Å². The van der Waals surface area contributed by atoms with Gasteiger partial charge in [0.05, 0.1) is 6.10 Å². The van der Waals surface area contributed by atoms with Gasteiger partial charge in [-0.05, 0) is 59.3 Å². The molecule has 0 radical (unpaired) electrons. The summed E-state index contributed by atoms with van der Waals surface area (Å²) >= 11 is 0. The molecule has 2 aliphatic carbocycles. The van der Waals surface area contributed by atoms with Crippen LogP contribution in [0.2, 0.25) is 0 Å². The van der Waals surface area contributed by atoms with E-state index in [1.54, 1.807) is 7.11 Å². The molecule has 2 rings (SSSR count). The second kappa shape index (κ2) is 6.97. The van der Waals surface area contributed by atoms with E-state index in [1.807, 2.05) is 20.8 Å². The lowest BCUT2D eigenvalue weighted by atomic mass is 9.84. The van der Waals surface area contributed by atoms with Crippen LogP contribution in [0.4, 0.5) is 4.79 Å². The van der Waals surface area contributed by atoms with E-state index in [-0.39, 0.29) is 12.1 Å². The molecule has 0 aromatic heterocycles. The highest BCUT2D eigenvalue weighted by Gasteiger charge is 2.33. The van der Waals surface area contributed by atoms with Crippen molar-refractivity contribution < 1.29 is 14.3 Å². The molecule has 0 bridgehead atoms. The predicted molar refractivity (Wildman–Crippen MR) is 82.4 cm³/mol. The van der Waals surface area contributed by atoms with Gasteiger partial charge in [0, 0.05) is 25.2 Å². The lowest BCUT2D eigenvalue weighted by molar-refractivity contribution is 0.0441. The van der Waals surface area contributed by atoms with Crippen molar-refractivity contribution in [2.75, 3.05) is 7.11 Å². The van der Waals surface area contributed by atoms with Crippen LogP contribution in [0.1, 0.15) is 59.3 Å². The highest BCUT2D eigenvalue weighted by atomic mass is 16.6. The molecule has 5 nitrogen and oxygen atoms in total. The maximum Gasteiger partial charge on any atom is 0.407 e. The molecule has 0 atom stereocenters. The molecule has 0 unspecified atom stereocenters. The number of alkyl carbamates (subject to hydrolysis) is 1. The molecule has 1 amide bonds. The summed E-state index contributed by atoms with van der Waals surface area (Å²) in [7, 11) is 1.80. The van der Waals surface area contributed by atoms with Crippen LogP contribution in [0.15, 0.2) is 0 Å². The molecule has 2 N–H and O–H groups in total. The number of carbonyl (C=O) groups excluding carboxylic acids is 1. The lowest BCUT2D eigenvalue weighted by Gasteiger charge is -2.40. The van der Waals surface area contributed by atoms with Gasteiger partial charge in [-0.25, -0.2) is 4.79 Å². The number of amides is 1. The van der Waals surface area contributed by atoms with E-state index in [4.69, 9.17) is 9.47 Å². The third-order valence-electron chi connectivity index (χ3n) is 4.34. The number of carbonyl (C=O) groups is 1. The quantitative estimate of drug-likeness (QED) is 0.837. The Kier molecular flexibility index (Phi) is 5.49. The van der Waals surface area contributed by atoms with E-state index in [9.17, 15) is 4.79 Å². The smallest absolute Gasteiger partial charge is 0.407 e. The summed E-state index contributed by atoms with van der Waals surface area (Å²) in [6.45, 7) is 5.65. The summed E-state index contributed by atoms with van der Waals surface area (Å²) in [5.74, 6) is 0. The van der Waals surface area contributed by atoms with E-state index in [1.165, 1.54) is 12.8 Å². The normalized spacial score (nSPS) is 33.1. The fourth-order valence-corrected chi connectivity index (χ4v) is 3.14. The molecule has 2 saturated carbocycles. The maximum atomic E-state index is 11.7. The topological polar surface area (TPSA) is 59.6 Å². The Labute approximate surface area is 128 Å². The van der Waals surface area contributed by atoms with Crippen molar-refractivity contribution in [3.8, 4) is 0 Å². The first-order chi connectivity index (χ1) is 9.85. The summed E-state index contributed by atoms with van der Waals surface area (Å²) in [6.07, 6.45) is 6.85. The monoisotopic (exact) mass is 298 g/mol. The fourth-order valence-electron chi connectivity index (χ4n) is 3.14. The first-order valence-corrected chi connectivity index (χ1v) is 8.14. The van der Waals surface area contributed by atoms with Crippen molar-refractivity contribution in [1.29, 1.82) is 0 Å². The minimum atomic E-state index is -0.425. The van der Waals surface area contributed by atoms with Crippen LogP contribution in [-0.2, 0) is 9.47 Å². The van der Waals surface area contributed by atoms with Crippen molar-refractivity contribution >= 4 is 6.09 Å². The van der Waals surface area contributed by atoms with Crippen LogP contribution in [-0.4, -0.2) is 43.0 Å². The molecule has 5 heteroatoms. The summed E-state index contributed by atoms with van der Waals surface area (Å²) < 4.78 is 10.7. The second-order valence-corrected chi connectivity index (χ2v) is 7.39. The number of nitrogens with one attached hydrogen (secondary N) is 2. The highest BCUT2D eigenvalue weighted by molar-refractivity contribution is 5.68. The van der Waals surface area contributed by atoms with Gasteiger partial charge < -0.3 is 20.1 Å². The standard InChI is InChI=1S/C16H30N2O3/c1-16(2,3)21-15(19)18-13-9-12(10-13)17-11-5-7-14(20-4)8-6-11/h11-14,17H,5-10H2,1-4H3,(H,18,19). The van der Waals surface area contributed by atoms with Gasteiger partial charge in [-0.15, -0.1) is 0 Å². The Balaban J connectivity index is 1.58. The molecule has 0 aromatic rings. The van der Waals surface area contributed by atoms with Crippen LogP contribution in [0.25, 0.3) is 0 Å². The van der Waals surface area contributed by atoms with Gasteiger partial charge in [0.2, 0.25) is 0 Å². The van der Waals surface area contributed by atoms with Crippen molar-refractivity contribution in [3.05, 3.63) is 0 Å². The molecule has 2 fully saturated rings. The molecule has 122 valence electrons. The Morgan fingerprint density at radius 1 is 1.00 bits per heavy atom. The number of rotatable bonds is 4. The Hall–Kier alpha value is -0.810. The summed E-state index contributed by atoms with van der Waals surface area (Å²) in [5.41, 5.74) is -0.425. The number of ether oxygens (including phenoxy) is 2. The van der Waals surface area contributed by atoms with Gasteiger partial charge in [-0.3, -0.25) is 0 Å². The van der Waals surface area contributed by atoms with Gasteiger partial charge in [0.15, 0.2) is 0 Å². The average molecular weight is 298 g/mol. The van der Waals surface area contributed by atoms with Gasteiger partial charge in [0.25, 0.3) is 0 Å². The minimum Gasteiger partial charge on any atom is -0.444 e. The molecule has 0 spiro atoms. The molecular weight excluding hydrogens is 268 g/mol. The fraction of sp³-hybridized carbons (Fsp3) is 0.938. The van der Waals surface area contributed by atoms with Crippen molar-refractivity contribution in [3.63, 3.8) is 0 Å². The number of hydrogen-bond donors (Lipinski definition) is 2. The van der Waals surface area contributed by atoms with Crippen LogP contribution in [0, 0.1) is 0 Å². The van der Waals surface area contributed by atoms with E-state index in [0.717, 1.165) is 25.7 Å². The molecular formula is C16H30N2O3. The molecule has 2 aliphatic rings. The average Bonchev–Trinajstić information content (AvgIpc) is 2.35. The Bertz CT molecular complexity index is 340. The van der Waals surface area contributed by atoms with E-state index in [0.29, 0.717) is 18.2 Å². The zero-order valence-electron chi connectivity index (χ0n) is 13.8. The van der Waals surface area contributed by atoms with Crippen LogP contribution in [0.5, 0.6) is 0 Å². The zero-order chi connectivity index (χ0) is 15.5. The summed E-state index contributed by atoms with van der Waals surface area (Å²) in [4.78, 5) is 11.7. The summed E-state index contributed by atoms with van der Waals surface area (Å²) in [5, 5.41) is 6.64. The second-order valence-electron chi connectivity index (χ2n) is 7.39. The number of hydrogen-bond acceptors (Lipinski definition) is 4. The van der Waals surface area contributed by atoms with Crippen LogP contribution >= 0.6 is 0 Å². The Morgan fingerprint density at radius 2 is 1.62 bits per heavy atom. The van der Waals surface area contributed by atoms with Gasteiger partial charge >= 0.3 is 6.09 Å². The molecule has 0 aromatic carbocycles. The molecule has 0 aliphatic heterocycles. The first-order valence-electron chi connectivity index (χ1n) is 8.14. The Morgan fingerprint density at radius 3 is 2.14 bits per heavy atom. The van der Waals surface area contributed by atoms with Gasteiger partial charge in [-0.2, -0.15) is 0 Å². The molecule has 21 heavy (non-hydrogen) atoms. The number of methoxy groups -OCH3 is 1. The van der Waals surface area contributed by atoms with Gasteiger partial charge in [-0.1, -0.05) is 0 Å². The first kappa shape index (κ1) is 16.6. The van der Waals surface area contributed by atoms with Crippen molar-refractivity contribution in [2.45, 2.75) is 89.1 Å². The van der Waals surface area contributed by atoms with Gasteiger partial charge in [0.1, 0.15) is 5.60 Å². The molecule has 0 saturated heterocycles. The highest BCUT2D eigenvalue weighted by Crippen LogP contribution is 2.26. The predicted octanol–water partition coefficient (Wildman–Crippen LogP) is 2.59. The van der Waals surface area contributed by atoms with Crippen LogP contribution in [0.3, 0.4) is 0 Å². The van der Waals surface area contributed by atoms with Crippen molar-refractivity contribution in [1.82, 2.24) is 10.6 Å². The lowest BCUT2D eigenvalue weighted by Crippen LogP contribution is -2.55. The molecule has 0 heterocycles. The minimum absolute atomic E-state index is 0.257. The summed E-state index contributed by atoms with van der Waals surface area (Å²) in [6, 6.07) is 1.41. The van der Waals surface area contributed by atoms with Crippen molar-refractivity contribution in [2.24, 2.45) is 0 Å². The maximum absolute atomic E-state index is 11.7. The third-order valence-corrected chi connectivity index (χ3v) is 4.34. The van der Waals surface area contributed by atoms with E-state index in [2.05, 4.69) is 10.6 Å². The van der Waals surface area contributed by atoms with E-state index < -0.39 is 5.60 Å². The largest absolute Gasteiger partial charge is 0.444 e.